The number of carboxylic acid groups (broad SMARTS) is 1. The third kappa shape index (κ3) is 5.06. The lowest BCUT2D eigenvalue weighted by molar-refractivity contribution is -0.138. The van der Waals surface area contributed by atoms with Crippen LogP contribution in [-0.2, 0) is 11.2 Å². The number of carboxylic acids is 1. The molecule has 0 bridgehead atoms. The fourth-order valence-electron chi connectivity index (χ4n) is 1.82. The van der Waals surface area contributed by atoms with Gasteiger partial charge in [0.15, 0.2) is 0 Å². The number of aliphatic carboxylic acids is 1. The lowest BCUT2D eigenvalue weighted by Crippen LogP contribution is -2.32. The average Bonchev–Trinajstić information content (AvgIpc) is 2.47. The van der Waals surface area contributed by atoms with Gasteiger partial charge in [0, 0.05) is 0 Å². The number of aromatic hydroxyl groups is 1. The van der Waals surface area contributed by atoms with Gasteiger partial charge in [-0.3, -0.25) is 4.79 Å². The number of nitrogens with two attached hydrogens (primary N) is 1. The van der Waals surface area contributed by atoms with E-state index in [2.05, 4.69) is 22.6 Å². The summed E-state index contributed by atoms with van der Waals surface area (Å²) in [4.78, 5) is 10.8. The first kappa shape index (κ1) is 19.0. The van der Waals surface area contributed by atoms with Crippen molar-refractivity contribution < 1.29 is 19.7 Å². The third-order valence-electron chi connectivity index (χ3n) is 2.99. The van der Waals surface area contributed by atoms with Crippen molar-refractivity contribution in [1.82, 2.24) is 0 Å². The van der Waals surface area contributed by atoms with Gasteiger partial charge in [-0.1, -0.05) is 6.07 Å². The van der Waals surface area contributed by atoms with E-state index in [1.165, 1.54) is 0 Å². The minimum absolute atomic E-state index is 0.242. The summed E-state index contributed by atoms with van der Waals surface area (Å²) in [5.74, 6) is 0.514. The number of hydrogen-bond acceptors (Lipinski definition) is 4. The van der Waals surface area contributed by atoms with Crippen LogP contribution in [0.5, 0.6) is 17.2 Å². The van der Waals surface area contributed by atoms with Crippen LogP contribution in [0, 0.1) is 10.7 Å². The first-order valence-corrected chi connectivity index (χ1v) is 9.64. The molecule has 23 heavy (non-hydrogen) atoms. The summed E-state index contributed by atoms with van der Waals surface area (Å²) in [6.45, 7) is 0. The molecular formula is C15H12I3NO4. The van der Waals surface area contributed by atoms with Crippen molar-refractivity contribution >= 4 is 73.7 Å². The largest absolute Gasteiger partial charge is 0.506 e. The Kier molecular flexibility index (Phi) is 6.74. The van der Waals surface area contributed by atoms with E-state index in [4.69, 9.17) is 15.6 Å². The molecule has 0 fully saturated rings. The third-order valence-corrected chi connectivity index (χ3v) is 5.47. The maximum Gasteiger partial charge on any atom is 0.320 e. The molecule has 0 aliphatic heterocycles. The van der Waals surface area contributed by atoms with Crippen LogP contribution in [0.4, 0.5) is 0 Å². The van der Waals surface area contributed by atoms with Crippen LogP contribution >= 0.6 is 67.8 Å². The fourth-order valence-corrected chi connectivity index (χ4v) is 4.22. The van der Waals surface area contributed by atoms with E-state index in [0.717, 1.165) is 9.13 Å². The van der Waals surface area contributed by atoms with Crippen LogP contribution in [0.1, 0.15) is 5.56 Å². The van der Waals surface area contributed by atoms with Gasteiger partial charge >= 0.3 is 5.97 Å². The highest BCUT2D eigenvalue weighted by Crippen LogP contribution is 2.34. The van der Waals surface area contributed by atoms with E-state index < -0.39 is 12.0 Å². The highest BCUT2D eigenvalue weighted by Gasteiger charge is 2.14. The Balaban J connectivity index is 2.20. The summed E-state index contributed by atoms with van der Waals surface area (Å²) < 4.78 is 8.14. The lowest BCUT2D eigenvalue weighted by Gasteiger charge is -2.12. The summed E-state index contributed by atoms with van der Waals surface area (Å²) in [5.41, 5.74) is 6.39. The number of ether oxygens (including phenoxy) is 1. The molecule has 122 valence electrons. The highest BCUT2D eigenvalue weighted by atomic mass is 127. The zero-order chi connectivity index (χ0) is 17.1. The number of hydrogen-bond donors (Lipinski definition) is 3. The maximum atomic E-state index is 10.8. The zero-order valence-electron chi connectivity index (χ0n) is 11.6. The lowest BCUT2D eigenvalue weighted by atomic mass is 10.1. The van der Waals surface area contributed by atoms with E-state index in [9.17, 15) is 9.90 Å². The molecule has 0 saturated heterocycles. The van der Waals surface area contributed by atoms with Crippen molar-refractivity contribution in [2.45, 2.75) is 12.5 Å². The fraction of sp³-hybridized carbons (Fsp3) is 0.133. The van der Waals surface area contributed by atoms with Crippen molar-refractivity contribution in [2.24, 2.45) is 5.73 Å². The Hall–Kier alpha value is -0.340. The summed E-state index contributed by atoms with van der Waals surface area (Å²) in [7, 11) is 0. The van der Waals surface area contributed by atoms with Crippen LogP contribution in [0.3, 0.4) is 0 Å². The standard InChI is InChI=1S/C15H12I3NO4/c16-9-3-7(4-12(19)15(21)22)1-2-13(9)23-8-5-10(17)14(20)11(18)6-8/h1-3,5-6,12,20H,4,19H2,(H,21,22)/t12-/m0/s1/i15+1. The van der Waals surface area contributed by atoms with Gasteiger partial charge in [-0.25, -0.2) is 0 Å². The second-order valence-corrected chi connectivity index (χ2v) is 8.24. The molecule has 5 nitrogen and oxygen atoms in total. The van der Waals surface area contributed by atoms with Gasteiger partial charge < -0.3 is 20.7 Å². The number of carbonyl (C=O) groups is 1. The van der Waals surface area contributed by atoms with E-state index in [1.54, 1.807) is 24.3 Å². The molecule has 8 heteroatoms. The molecule has 0 heterocycles. The second-order valence-electron chi connectivity index (χ2n) is 4.75. The molecule has 0 radical (unpaired) electrons. The molecule has 0 aromatic heterocycles. The normalized spacial score (nSPS) is 12.0. The molecular weight excluding hydrogens is 640 g/mol. The molecule has 0 unspecified atom stereocenters. The quantitative estimate of drug-likeness (QED) is 0.337. The number of phenols is 1. The van der Waals surface area contributed by atoms with E-state index >= 15 is 0 Å². The Morgan fingerprint density at radius 1 is 1.13 bits per heavy atom. The van der Waals surface area contributed by atoms with Gasteiger partial charge in [-0.2, -0.15) is 0 Å². The van der Waals surface area contributed by atoms with Crippen LogP contribution < -0.4 is 10.5 Å². The Labute approximate surface area is 174 Å². The number of halogens is 3. The first-order valence-electron chi connectivity index (χ1n) is 6.40. The molecule has 0 amide bonds. The van der Waals surface area contributed by atoms with Crippen LogP contribution in [-0.4, -0.2) is 22.2 Å². The monoisotopic (exact) mass is 652 g/mol. The van der Waals surface area contributed by atoms with E-state index in [0.29, 0.717) is 18.6 Å². The topological polar surface area (TPSA) is 92.8 Å². The van der Waals surface area contributed by atoms with Crippen molar-refractivity contribution in [3.63, 3.8) is 0 Å². The minimum Gasteiger partial charge on any atom is -0.506 e. The van der Waals surface area contributed by atoms with Crippen LogP contribution in [0.2, 0.25) is 0 Å². The Morgan fingerprint density at radius 2 is 1.74 bits per heavy atom. The smallest absolute Gasteiger partial charge is 0.320 e. The molecule has 2 aromatic carbocycles. The predicted octanol–water partition coefficient (Wildman–Crippen LogP) is 3.95. The van der Waals surface area contributed by atoms with Crippen LogP contribution in [0.25, 0.3) is 0 Å². The van der Waals surface area contributed by atoms with Gasteiger partial charge in [-0.05, 0) is 104 Å². The summed E-state index contributed by atoms with van der Waals surface area (Å²) in [5, 5.41) is 18.6. The maximum absolute atomic E-state index is 10.8. The molecule has 0 aliphatic carbocycles. The Morgan fingerprint density at radius 3 is 2.26 bits per heavy atom. The molecule has 0 saturated carbocycles. The van der Waals surface area contributed by atoms with Gasteiger partial charge in [0.1, 0.15) is 23.3 Å². The van der Waals surface area contributed by atoms with E-state index in [1.807, 2.05) is 51.2 Å². The van der Waals surface area contributed by atoms with Gasteiger partial charge in [-0.15, -0.1) is 0 Å². The van der Waals surface area contributed by atoms with Gasteiger partial charge in [0.2, 0.25) is 0 Å². The zero-order valence-corrected chi connectivity index (χ0v) is 18.1. The van der Waals surface area contributed by atoms with Crippen molar-refractivity contribution in [3.8, 4) is 17.2 Å². The van der Waals surface area contributed by atoms with Crippen LogP contribution in [0.15, 0.2) is 30.3 Å². The second kappa shape index (κ2) is 8.16. The highest BCUT2D eigenvalue weighted by molar-refractivity contribution is 14.1. The van der Waals surface area contributed by atoms with Crippen molar-refractivity contribution in [1.29, 1.82) is 0 Å². The summed E-state index contributed by atoms with van der Waals surface area (Å²) in [6, 6.07) is 8.03. The molecule has 0 spiro atoms. The molecule has 2 aromatic rings. The predicted molar refractivity (Wildman–Crippen MR) is 112 cm³/mol. The first-order chi connectivity index (χ1) is 10.8. The average molecular weight is 652 g/mol. The Bertz CT molecular complexity index is 728. The molecule has 4 N–H and O–H groups in total. The van der Waals surface area contributed by atoms with Crippen molar-refractivity contribution in [3.05, 3.63) is 46.6 Å². The molecule has 1 atom stereocenters. The summed E-state index contributed by atoms with van der Waals surface area (Å²) >= 11 is 6.23. The number of phenolic OH excluding ortho intramolecular Hbond substituents is 1. The minimum atomic E-state index is -1.02. The van der Waals surface area contributed by atoms with Crippen molar-refractivity contribution in [2.75, 3.05) is 0 Å². The van der Waals surface area contributed by atoms with E-state index in [-0.39, 0.29) is 12.2 Å². The number of benzene rings is 2. The van der Waals surface area contributed by atoms with Gasteiger partial charge in [0.05, 0.1) is 10.7 Å². The summed E-state index contributed by atoms with van der Waals surface area (Å²) in [6.07, 6.45) is 0.265. The molecule has 0 aliphatic rings. The molecule has 2 rings (SSSR count). The SMILES string of the molecule is N[C@@H](Cc1ccc(Oc2cc(I)c(O)c(I)c2)c(I)c1)[13C](=O)O. The van der Waals surface area contributed by atoms with Gasteiger partial charge in [0.25, 0.3) is 0 Å². The number of rotatable bonds is 5.